The van der Waals surface area contributed by atoms with Crippen molar-refractivity contribution in [2.24, 2.45) is 5.92 Å². The average Bonchev–Trinajstić information content (AvgIpc) is 3.68. The number of rotatable bonds is 6. The molecular weight excluding hydrogens is 416 g/mol. The first-order valence-electron chi connectivity index (χ1n) is 12.0. The van der Waals surface area contributed by atoms with Gasteiger partial charge in [-0.25, -0.2) is 0 Å². The first kappa shape index (κ1) is 21.8. The van der Waals surface area contributed by atoms with Crippen LogP contribution in [0.3, 0.4) is 0 Å². The summed E-state index contributed by atoms with van der Waals surface area (Å²) in [5.74, 6) is 2.61. The minimum absolute atomic E-state index is 0.0414. The molecule has 2 aromatic rings. The fourth-order valence-electron chi connectivity index (χ4n) is 5.14. The molecule has 174 valence electrons. The summed E-state index contributed by atoms with van der Waals surface area (Å²) in [7, 11) is 1.62. The van der Waals surface area contributed by atoms with Crippen LogP contribution in [0, 0.1) is 5.92 Å². The summed E-state index contributed by atoms with van der Waals surface area (Å²) < 4.78 is 11.8. The number of nitrogens with one attached hydrogen (secondary N) is 1. The molecule has 0 radical (unpaired) electrons. The van der Waals surface area contributed by atoms with E-state index in [1.54, 1.807) is 7.11 Å². The van der Waals surface area contributed by atoms with E-state index in [1.165, 1.54) is 12.8 Å². The number of carbonyl (C=O) groups excluding carboxylic acids is 2. The topological polar surface area (TPSA) is 67.9 Å². The van der Waals surface area contributed by atoms with Gasteiger partial charge in [-0.05, 0) is 61.1 Å². The van der Waals surface area contributed by atoms with Gasteiger partial charge in [0.1, 0.15) is 17.1 Å². The predicted octanol–water partition coefficient (Wildman–Crippen LogP) is 4.15. The molecule has 3 aliphatic rings. The molecule has 2 heterocycles. The second-order valence-corrected chi connectivity index (χ2v) is 9.70. The summed E-state index contributed by atoms with van der Waals surface area (Å²) in [5.41, 5.74) is 1.47. The zero-order valence-electron chi connectivity index (χ0n) is 19.2. The Labute approximate surface area is 195 Å². The van der Waals surface area contributed by atoms with Crippen LogP contribution in [0.4, 0.5) is 0 Å². The lowest BCUT2D eigenvalue weighted by molar-refractivity contribution is -0.122. The van der Waals surface area contributed by atoms with E-state index < -0.39 is 0 Å². The number of likely N-dealkylation sites (tertiary alicyclic amines) is 1. The molecule has 1 spiro atoms. The fourth-order valence-corrected chi connectivity index (χ4v) is 5.14. The van der Waals surface area contributed by atoms with Gasteiger partial charge >= 0.3 is 0 Å². The third-order valence-corrected chi connectivity index (χ3v) is 7.32. The summed E-state index contributed by atoms with van der Waals surface area (Å²) in [4.78, 5) is 27.6. The SMILES string of the molecule is COc1ccc(C(=O)N2CCC3(CC2)C[C@@H](CC(=O)NCC2CC2)c2ccccc2O3)cc1. The standard InChI is InChI=1S/C27H32N2O4/c1-32-22-10-8-20(9-11-22)26(31)29-14-12-27(13-15-29)17-21(16-25(30)28-18-19-6-7-19)23-4-2-3-5-24(23)33-27/h2-5,8-11,19,21H,6-7,12-18H2,1H3,(H,28,30)/t21-/m1/s1. The minimum atomic E-state index is -0.327. The van der Waals surface area contributed by atoms with E-state index in [0.717, 1.165) is 42.9 Å². The number of fused-ring (bicyclic) bond motifs is 1. The third-order valence-electron chi connectivity index (χ3n) is 7.32. The van der Waals surface area contributed by atoms with Crippen molar-refractivity contribution < 1.29 is 19.1 Å². The van der Waals surface area contributed by atoms with Crippen LogP contribution in [0.5, 0.6) is 11.5 Å². The van der Waals surface area contributed by atoms with E-state index in [0.29, 0.717) is 31.0 Å². The first-order chi connectivity index (χ1) is 16.0. The van der Waals surface area contributed by atoms with E-state index in [4.69, 9.17) is 9.47 Å². The summed E-state index contributed by atoms with van der Waals surface area (Å²) in [6.45, 7) is 2.10. The van der Waals surface area contributed by atoms with Gasteiger partial charge in [-0.1, -0.05) is 18.2 Å². The number of hydrogen-bond donors (Lipinski definition) is 1. The molecule has 1 N–H and O–H groups in total. The van der Waals surface area contributed by atoms with Gasteiger partial charge in [0.2, 0.25) is 5.91 Å². The van der Waals surface area contributed by atoms with Crippen molar-refractivity contribution in [1.82, 2.24) is 10.2 Å². The number of amides is 2. The lowest BCUT2D eigenvalue weighted by Gasteiger charge is -2.47. The Morgan fingerprint density at radius 2 is 1.82 bits per heavy atom. The number of methoxy groups -OCH3 is 1. The van der Waals surface area contributed by atoms with Gasteiger partial charge in [-0.15, -0.1) is 0 Å². The largest absolute Gasteiger partial charge is 0.497 e. The zero-order chi connectivity index (χ0) is 22.8. The molecule has 0 aromatic heterocycles. The molecule has 1 atom stereocenters. The molecule has 2 aliphatic heterocycles. The van der Waals surface area contributed by atoms with Crippen molar-refractivity contribution >= 4 is 11.8 Å². The second-order valence-electron chi connectivity index (χ2n) is 9.70. The Morgan fingerprint density at radius 1 is 1.09 bits per heavy atom. The Kier molecular flexibility index (Phi) is 6.00. The van der Waals surface area contributed by atoms with Gasteiger partial charge in [-0.3, -0.25) is 9.59 Å². The van der Waals surface area contributed by atoms with Crippen LogP contribution in [0.15, 0.2) is 48.5 Å². The van der Waals surface area contributed by atoms with E-state index in [2.05, 4.69) is 11.4 Å². The molecule has 1 saturated heterocycles. The number of benzene rings is 2. The molecule has 1 saturated carbocycles. The molecule has 2 aromatic carbocycles. The maximum atomic E-state index is 13.0. The lowest BCUT2D eigenvalue weighted by Crippen LogP contribution is -2.52. The fraction of sp³-hybridized carbons (Fsp3) is 0.481. The van der Waals surface area contributed by atoms with E-state index >= 15 is 0 Å². The predicted molar refractivity (Wildman–Crippen MR) is 126 cm³/mol. The normalized spacial score (nSPS) is 21.1. The van der Waals surface area contributed by atoms with Crippen LogP contribution in [0.25, 0.3) is 0 Å². The smallest absolute Gasteiger partial charge is 0.253 e. The van der Waals surface area contributed by atoms with E-state index in [9.17, 15) is 9.59 Å². The molecule has 6 nitrogen and oxygen atoms in total. The molecule has 1 aliphatic carbocycles. The van der Waals surface area contributed by atoms with Crippen molar-refractivity contribution in [2.45, 2.75) is 50.0 Å². The third kappa shape index (κ3) is 4.85. The van der Waals surface area contributed by atoms with Gasteiger partial charge in [0, 0.05) is 50.4 Å². The van der Waals surface area contributed by atoms with Crippen LogP contribution in [-0.4, -0.2) is 49.1 Å². The van der Waals surface area contributed by atoms with Crippen LogP contribution >= 0.6 is 0 Å². The molecule has 2 fully saturated rings. The first-order valence-corrected chi connectivity index (χ1v) is 12.0. The van der Waals surface area contributed by atoms with Crippen molar-refractivity contribution in [1.29, 1.82) is 0 Å². The lowest BCUT2D eigenvalue weighted by atomic mass is 9.76. The van der Waals surface area contributed by atoms with Crippen LogP contribution < -0.4 is 14.8 Å². The molecule has 2 amide bonds. The summed E-state index contributed by atoms with van der Waals surface area (Å²) in [6.07, 6.45) is 5.30. The number of ether oxygens (including phenoxy) is 2. The molecule has 0 unspecified atom stereocenters. The maximum absolute atomic E-state index is 13.0. The van der Waals surface area contributed by atoms with Gasteiger partial charge in [0.15, 0.2) is 0 Å². The van der Waals surface area contributed by atoms with Crippen LogP contribution in [0.1, 0.15) is 60.4 Å². The minimum Gasteiger partial charge on any atom is -0.497 e. The van der Waals surface area contributed by atoms with Gasteiger partial charge in [0.05, 0.1) is 7.11 Å². The molecular formula is C27H32N2O4. The number of carbonyl (C=O) groups is 2. The number of hydrogen-bond acceptors (Lipinski definition) is 4. The molecule has 33 heavy (non-hydrogen) atoms. The van der Waals surface area contributed by atoms with Crippen molar-refractivity contribution in [3.63, 3.8) is 0 Å². The van der Waals surface area contributed by atoms with Gasteiger partial charge in [0.25, 0.3) is 5.91 Å². The highest BCUT2D eigenvalue weighted by molar-refractivity contribution is 5.94. The highest BCUT2D eigenvalue weighted by Gasteiger charge is 2.44. The molecule has 6 heteroatoms. The zero-order valence-corrected chi connectivity index (χ0v) is 19.2. The van der Waals surface area contributed by atoms with E-state index in [-0.39, 0.29) is 23.3 Å². The quantitative estimate of drug-likeness (QED) is 0.721. The Balaban J connectivity index is 1.25. The Bertz CT molecular complexity index is 1010. The molecule has 5 rings (SSSR count). The van der Waals surface area contributed by atoms with Crippen LogP contribution in [-0.2, 0) is 4.79 Å². The monoisotopic (exact) mass is 448 g/mol. The summed E-state index contributed by atoms with van der Waals surface area (Å²) >= 11 is 0. The molecule has 0 bridgehead atoms. The second kappa shape index (κ2) is 9.08. The van der Waals surface area contributed by atoms with Crippen LogP contribution in [0.2, 0.25) is 0 Å². The van der Waals surface area contributed by atoms with Crippen molar-refractivity contribution in [3.8, 4) is 11.5 Å². The highest BCUT2D eigenvalue weighted by atomic mass is 16.5. The summed E-state index contributed by atoms with van der Waals surface area (Å²) in [5, 5.41) is 3.12. The van der Waals surface area contributed by atoms with Gasteiger partial charge in [-0.2, -0.15) is 0 Å². The van der Waals surface area contributed by atoms with Crippen molar-refractivity contribution in [3.05, 3.63) is 59.7 Å². The van der Waals surface area contributed by atoms with E-state index in [1.807, 2.05) is 47.4 Å². The summed E-state index contributed by atoms with van der Waals surface area (Å²) in [6, 6.07) is 15.4. The number of piperidine rings is 1. The average molecular weight is 449 g/mol. The maximum Gasteiger partial charge on any atom is 0.253 e. The highest BCUT2D eigenvalue weighted by Crippen LogP contribution is 2.46. The number of para-hydroxylation sites is 1. The van der Waals surface area contributed by atoms with Crippen molar-refractivity contribution in [2.75, 3.05) is 26.7 Å². The Morgan fingerprint density at radius 3 is 2.52 bits per heavy atom. The van der Waals surface area contributed by atoms with Gasteiger partial charge < -0.3 is 19.7 Å². The number of nitrogens with zero attached hydrogens (tertiary/aromatic N) is 1. The Hall–Kier alpha value is -3.02.